The predicted octanol–water partition coefficient (Wildman–Crippen LogP) is 4.92. The van der Waals surface area contributed by atoms with E-state index >= 15 is 0 Å². The van der Waals surface area contributed by atoms with Gasteiger partial charge in [0.15, 0.2) is 4.34 Å². The van der Waals surface area contributed by atoms with Gasteiger partial charge in [-0.15, -0.1) is 11.3 Å². The van der Waals surface area contributed by atoms with Crippen molar-refractivity contribution in [3.63, 3.8) is 0 Å². The molecule has 0 fully saturated rings. The van der Waals surface area contributed by atoms with Crippen molar-refractivity contribution >= 4 is 29.0 Å². The molecule has 1 N–H and O–H groups in total. The lowest BCUT2D eigenvalue weighted by Gasteiger charge is -2.13. The van der Waals surface area contributed by atoms with Crippen molar-refractivity contribution in [1.29, 1.82) is 0 Å². The Bertz CT molecular complexity index is 834. The van der Waals surface area contributed by atoms with Crippen molar-refractivity contribution in [2.24, 2.45) is 0 Å². The van der Waals surface area contributed by atoms with E-state index in [4.69, 9.17) is 0 Å². The average Bonchev–Trinajstić information content (AvgIpc) is 3.10. The smallest absolute Gasteiger partial charge is 0.230 e. The molecule has 128 valence electrons. The van der Waals surface area contributed by atoms with Crippen LogP contribution in [0.4, 0.5) is 4.39 Å². The monoisotopic (exact) mass is 372 g/mol. The van der Waals surface area contributed by atoms with Gasteiger partial charge in [0.1, 0.15) is 5.82 Å². The second kappa shape index (κ2) is 8.27. The fraction of sp³-hybridized carbons (Fsp3) is 0.158. The van der Waals surface area contributed by atoms with E-state index in [-0.39, 0.29) is 17.8 Å². The number of carbonyl (C=O) groups excluding carboxylic acids is 1. The number of nitrogens with zero attached hydrogens (tertiary/aromatic N) is 1. The van der Waals surface area contributed by atoms with E-state index in [1.165, 1.54) is 35.2 Å². The van der Waals surface area contributed by atoms with Crippen molar-refractivity contribution in [1.82, 2.24) is 10.3 Å². The lowest BCUT2D eigenvalue weighted by atomic mass is 10.1. The third-order valence-corrected chi connectivity index (χ3v) is 5.65. The third kappa shape index (κ3) is 4.90. The number of thiazole rings is 1. The van der Waals surface area contributed by atoms with Crippen LogP contribution in [0, 0.1) is 5.82 Å². The summed E-state index contributed by atoms with van der Waals surface area (Å²) < 4.78 is 13.8. The van der Waals surface area contributed by atoms with Crippen molar-refractivity contribution in [2.75, 3.05) is 5.75 Å². The first-order valence-electron chi connectivity index (χ1n) is 7.80. The molecule has 1 amide bonds. The molecule has 0 spiro atoms. The predicted molar refractivity (Wildman–Crippen MR) is 101 cm³/mol. The average molecular weight is 372 g/mol. The maximum Gasteiger partial charge on any atom is 0.230 e. The number of rotatable bonds is 6. The number of aromatic nitrogens is 1. The van der Waals surface area contributed by atoms with Gasteiger partial charge in [0, 0.05) is 10.9 Å². The highest BCUT2D eigenvalue weighted by Gasteiger charge is 2.12. The van der Waals surface area contributed by atoms with E-state index in [0.717, 1.165) is 21.2 Å². The number of hydrogen-bond donors (Lipinski definition) is 1. The molecule has 0 bridgehead atoms. The van der Waals surface area contributed by atoms with Crippen LogP contribution in [0.25, 0.3) is 11.3 Å². The summed E-state index contributed by atoms with van der Waals surface area (Å²) in [6.45, 7) is 1.88. The van der Waals surface area contributed by atoms with Crippen molar-refractivity contribution in [3.05, 3.63) is 71.4 Å². The molecule has 3 rings (SSSR count). The maximum atomic E-state index is 12.9. The first kappa shape index (κ1) is 17.6. The number of hydrogen-bond acceptors (Lipinski definition) is 4. The summed E-state index contributed by atoms with van der Waals surface area (Å²) in [5, 5.41) is 4.92. The summed E-state index contributed by atoms with van der Waals surface area (Å²) in [7, 11) is 0. The van der Waals surface area contributed by atoms with Crippen LogP contribution in [0.3, 0.4) is 0 Å². The van der Waals surface area contributed by atoms with Crippen LogP contribution < -0.4 is 5.32 Å². The molecule has 0 aliphatic rings. The Morgan fingerprint density at radius 2 is 1.92 bits per heavy atom. The topological polar surface area (TPSA) is 42.0 Å². The molecule has 3 nitrogen and oxygen atoms in total. The van der Waals surface area contributed by atoms with Gasteiger partial charge in [-0.05, 0) is 24.6 Å². The summed E-state index contributed by atoms with van der Waals surface area (Å²) in [6.07, 6.45) is 0. The molecule has 1 aromatic heterocycles. The number of nitrogens with one attached hydrogen (secondary N) is 1. The molecule has 1 atom stereocenters. The normalized spacial score (nSPS) is 11.9. The third-order valence-electron chi connectivity index (χ3n) is 3.63. The molecule has 0 aliphatic heterocycles. The second-order valence-corrected chi connectivity index (χ2v) is 7.57. The van der Waals surface area contributed by atoms with E-state index in [1.807, 2.05) is 42.6 Å². The Labute approximate surface area is 154 Å². The minimum atomic E-state index is -0.282. The van der Waals surface area contributed by atoms with Gasteiger partial charge in [-0.25, -0.2) is 9.37 Å². The highest BCUT2D eigenvalue weighted by Crippen LogP contribution is 2.28. The van der Waals surface area contributed by atoms with E-state index in [1.54, 1.807) is 12.1 Å². The molecule has 6 heteroatoms. The summed E-state index contributed by atoms with van der Waals surface area (Å²) in [4.78, 5) is 16.7. The van der Waals surface area contributed by atoms with Gasteiger partial charge >= 0.3 is 0 Å². The maximum absolute atomic E-state index is 12.9. The zero-order valence-electron chi connectivity index (χ0n) is 13.6. The summed E-state index contributed by atoms with van der Waals surface area (Å²) in [5.74, 6) is -0.0538. The van der Waals surface area contributed by atoms with Crippen LogP contribution in [-0.2, 0) is 4.79 Å². The number of amides is 1. The SMILES string of the molecule is CC(NC(=O)CSc1nc(-c2ccccc2)cs1)c1ccc(F)cc1. The molecular formula is C19H17FN2OS2. The molecule has 1 unspecified atom stereocenters. The quantitative estimate of drug-likeness (QED) is 0.625. The zero-order chi connectivity index (χ0) is 17.6. The van der Waals surface area contributed by atoms with Gasteiger partial charge in [-0.1, -0.05) is 54.2 Å². The first-order valence-corrected chi connectivity index (χ1v) is 9.67. The lowest BCUT2D eigenvalue weighted by molar-refractivity contribution is -0.119. The van der Waals surface area contributed by atoms with Gasteiger partial charge in [-0.2, -0.15) is 0 Å². The van der Waals surface area contributed by atoms with E-state index < -0.39 is 0 Å². The summed E-state index contributed by atoms with van der Waals surface area (Å²) >= 11 is 2.95. The minimum absolute atomic E-state index is 0.0710. The van der Waals surface area contributed by atoms with Gasteiger partial charge in [0.2, 0.25) is 5.91 Å². The highest BCUT2D eigenvalue weighted by molar-refractivity contribution is 8.01. The molecule has 0 saturated heterocycles. The van der Waals surface area contributed by atoms with Crippen LogP contribution in [-0.4, -0.2) is 16.6 Å². The molecule has 0 aliphatic carbocycles. The Hall–Kier alpha value is -2.18. The fourth-order valence-corrected chi connectivity index (χ4v) is 3.96. The van der Waals surface area contributed by atoms with Crippen LogP contribution in [0.2, 0.25) is 0 Å². The molecular weight excluding hydrogens is 355 g/mol. The van der Waals surface area contributed by atoms with Crippen LogP contribution in [0.5, 0.6) is 0 Å². The molecule has 3 aromatic rings. The molecule has 25 heavy (non-hydrogen) atoms. The van der Waals surface area contributed by atoms with Gasteiger partial charge in [-0.3, -0.25) is 4.79 Å². The Morgan fingerprint density at radius 1 is 1.20 bits per heavy atom. The largest absolute Gasteiger partial charge is 0.349 e. The standard InChI is InChI=1S/C19H17FN2OS2/c1-13(14-7-9-16(20)10-8-14)21-18(23)12-25-19-22-17(11-24-19)15-5-3-2-4-6-15/h2-11,13H,12H2,1H3,(H,21,23). The van der Waals surface area contributed by atoms with Crippen molar-refractivity contribution in [3.8, 4) is 11.3 Å². The highest BCUT2D eigenvalue weighted by atomic mass is 32.2. The number of thioether (sulfide) groups is 1. The van der Waals surface area contributed by atoms with E-state index in [2.05, 4.69) is 10.3 Å². The van der Waals surface area contributed by atoms with Gasteiger partial charge in [0.05, 0.1) is 17.5 Å². The minimum Gasteiger partial charge on any atom is -0.349 e. The fourth-order valence-electron chi connectivity index (χ4n) is 2.31. The van der Waals surface area contributed by atoms with Gasteiger partial charge in [0.25, 0.3) is 0 Å². The lowest BCUT2D eigenvalue weighted by Crippen LogP contribution is -2.28. The van der Waals surface area contributed by atoms with Crippen LogP contribution in [0.1, 0.15) is 18.5 Å². The number of carbonyl (C=O) groups is 1. The summed E-state index contributed by atoms with van der Waals surface area (Å²) in [6, 6.07) is 15.9. The van der Waals surface area contributed by atoms with Crippen LogP contribution >= 0.6 is 23.1 Å². The van der Waals surface area contributed by atoms with Crippen LogP contribution in [0.15, 0.2) is 64.3 Å². The van der Waals surface area contributed by atoms with Gasteiger partial charge < -0.3 is 5.32 Å². The Balaban J connectivity index is 1.52. The summed E-state index contributed by atoms with van der Waals surface area (Å²) in [5.41, 5.74) is 2.87. The number of benzene rings is 2. The van der Waals surface area contributed by atoms with E-state index in [0.29, 0.717) is 5.75 Å². The molecule has 2 aromatic carbocycles. The van der Waals surface area contributed by atoms with Crippen molar-refractivity contribution < 1.29 is 9.18 Å². The molecule has 1 heterocycles. The second-order valence-electron chi connectivity index (χ2n) is 5.49. The Morgan fingerprint density at radius 3 is 2.64 bits per heavy atom. The Kier molecular flexibility index (Phi) is 5.83. The first-order chi connectivity index (χ1) is 12.1. The van der Waals surface area contributed by atoms with E-state index in [9.17, 15) is 9.18 Å². The molecule has 0 saturated carbocycles. The van der Waals surface area contributed by atoms with Crippen molar-refractivity contribution in [2.45, 2.75) is 17.3 Å². The molecule has 0 radical (unpaired) electrons. The zero-order valence-corrected chi connectivity index (χ0v) is 15.2. The number of halogens is 1.